The maximum atomic E-state index is 5.15. The molecule has 1 N–H and O–H groups in total. The largest absolute Gasteiger partial charge is 0.379 e. The summed E-state index contributed by atoms with van der Waals surface area (Å²) in [7, 11) is 0. The van der Waals surface area contributed by atoms with Crippen molar-refractivity contribution in [3.05, 3.63) is 43.7 Å². The summed E-state index contributed by atoms with van der Waals surface area (Å²) >= 11 is 7.14. The Labute approximate surface area is 123 Å². The monoisotopic (exact) mass is 372 g/mol. The van der Waals surface area contributed by atoms with E-state index in [1.165, 1.54) is 5.56 Å². The maximum Gasteiger partial charge on any atom is 0.138 e. The maximum absolute atomic E-state index is 5.15. The Morgan fingerprint density at radius 1 is 1.17 bits per heavy atom. The SMILES string of the molecule is Cc1cc(Br)c(NCc2c(C)noc2C)c(Br)c1. The molecule has 1 aromatic carbocycles. The number of hydrogen-bond donors (Lipinski definition) is 1. The molecule has 2 rings (SSSR count). The van der Waals surface area contributed by atoms with Crippen LogP contribution in [0.5, 0.6) is 0 Å². The Hall–Kier alpha value is -0.810. The van der Waals surface area contributed by atoms with Gasteiger partial charge in [-0.2, -0.15) is 0 Å². The second-order valence-corrected chi connectivity index (χ2v) is 5.97. The highest BCUT2D eigenvalue weighted by molar-refractivity contribution is 9.11. The number of aryl methyl sites for hydroxylation is 3. The first-order valence-electron chi connectivity index (χ1n) is 5.60. The van der Waals surface area contributed by atoms with Crippen molar-refractivity contribution in [3.8, 4) is 0 Å². The van der Waals surface area contributed by atoms with Gasteiger partial charge in [0, 0.05) is 21.1 Å². The molecule has 0 fully saturated rings. The predicted molar refractivity (Wildman–Crippen MR) is 79.9 cm³/mol. The molecule has 2 aromatic rings. The number of aromatic nitrogens is 1. The lowest BCUT2D eigenvalue weighted by molar-refractivity contribution is 0.392. The third-order valence-electron chi connectivity index (χ3n) is 2.81. The summed E-state index contributed by atoms with van der Waals surface area (Å²) in [6.45, 7) is 6.64. The van der Waals surface area contributed by atoms with Gasteiger partial charge < -0.3 is 9.84 Å². The molecule has 96 valence electrons. The van der Waals surface area contributed by atoms with E-state index in [-0.39, 0.29) is 0 Å². The van der Waals surface area contributed by atoms with Gasteiger partial charge >= 0.3 is 0 Å². The first kappa shape index (κ1) is 13.6. The Balaban J connectivity index is 2.21. The van der Waals surface area contributed by atoms with Crippen molar-refractivity contribution < 1.29 is 4.52 Å². The first-order valence-corrected chi connectivity index (χ1v) is 7.19. The highest BCUT2D eigenvalue weighted by atomic mass is 79.9. The Morgan fingerprint density at radius 2 is 1.78 bits per heavy atom. The Kier molecular flexibility index (Phi) is 4.12. The Morgan fingerprint density at radius 3 is 2.28 bits per heavy atom. The van der Waals surface area contributed by atoms with Crippen molar-refractivity contribution in [2.45, 2.75) is 27.3 Å². The molecule has 0 atom stereocenters. The molecular formula is C13H14Br2N2O. The standard InChI is InChI=1S/C13H14Br2N2O/c1-7-4-11(14)13(12(15)5-7)16-6-10-8(2)17-18-9(10)3/h4-5,16H,6H2,1-3H3. The zero-order valence-corrected chi connectivity index (χ0v) is 13.6. The van der Waals surface area contributed by atoms with Crippen LogP contribution in [0.3, 0.4) is 0 Å². The van der Waals surface area contributed by atoms with Crippen LogP contribution in [0.25, 0.3) is 0 Å². The fourth-order valence-electron chi connectivity index (χ4n) is 1.80. The summed E-state index contributed by atoms with van der Waals surface area (Å²) in [6.07, 6.45) is 0. The molecule has 18 heavy (non-hydrogen) atoms. The highest BCUT2D eigenvalue weighted by Gasteiger charge is 2.11. The van der Waals surface area contributed by atoms with Crippen molar-refractivity contribution >= 4 is 37.5 Å². The van der Waals surface area contributed by atoms with E-state index in [1.54, 1.807) is 0 Å². The normalized spacial score (nSPS) is 10.7. The molecule has 0 unspecified atom stereocenters. The average Bonchev–Trinajstić information content (AvgIpc) is 2.58. The number of nitrogens with one attached hydrogen (secondary N) is 1. The van der Waals surface area contributed by atoms with Crippen molar-refractivity contribution in [1.82, 2.24) is 5.16 Å². The number of benzene rings is 1. The summed E-state index contributed by atoms with van der Waals surface area (Å²) in [4.78, 5) is 0. The highest BCUT2D eigenvalue weighted by Crippen LogP contribution is 2.32. The summed E-state index contributed by atoms with van der Waals surface area (Å²) < 4.78 is 7.24. The lowest BCUT2D eigenvalue weighted by atomic mass is 10.2. The van der Waals surface area contributed by atoms with Crippen LogP contribution in [0.1, 0.15) is 22.6 Å². The Bertz CT molecular complexity index is 536. The smallest absolute Gasteiger partial charge is 0.138 e. The summed E-state index contributed by atoms with van der Waals surface area (Å²) in [5, 5.41) is 7.35. The summed E-state index contributed by atoms with van der Waals surface area (Å²) in [6, 6.07) is 4.17. The van der Waals surface area contributed by atoms with Gasteiger partial charge in [0.25, 0.3) is 0 Å². The van der Waals surface area contributed by atoms with Crippen LogP contribution in [0, 0.1) is 20.8 Å². The van der Waals surface area contributed by atoms with E-state index in [4.69, 9.17) is 4.52 Å². The molecule has 0 saturated heterocycles. The van der Waals surface area contributed by atoms with E-state index in [1.807, 2.05) is 13.8 Å². The van der Waals surface area contributed by atoms with Gasteiger partial charge in [0.1, 0.15) is 5.76 Å². The van der Waals surface area contributed by atoms with Crippen molar-refractivity contribution in [3.63, 3.8) is 0 Å². The minimum Gasteiger partial charge on any atom is -0.379 e. The molecule has 5 heteroatoms. The van der Waals surface area contributed by atoms with E-state index in [0.29, 0.717) is 6.54 Å². The lowest BCUT2D eigenvalue weighted by Crippen LogP contribution is -2.03. The van der Waals surface area contributed by atoms with Gasteiger partial charge in [-0.05, 0) is 70.3 Å². The van der Waals surface area contributed by atoms with Gasteiger partial charge in [-0.1, -0.05) is 5.16 Å². The molecule has 0 saturated carbocycles. The fourth-order valence-corrected chi connectivity index (χ4v) is 3.50. The summed E-state index contributed by atoms with van der Waals surface area (Å²) in [5.74, 6) is 0.861. The number of hydrogen-bond acceptors (Lipinski definition) is 3. The van der Waals surface area contributed by atoms with E-state index >= 15 is 0 Å². The summed E-state index contributed by atoms with van der Waals surface area (Å²) in [5.41, 5.74) is 4.28. The topological polar surface area (TPSA) is 38.1 Å². The van der Waals surface area contributed by atoms with Crippen LogP contribution in [-0.4, -0.2) is 5.16 Å². The molecule has 0 aliphatic heterocycles. The predicted octanol–water partition coefficient (Wildman–Crippen LogP) is 4.74. The molecule has 0 radical (unpaired) electrons. The van der Waals surface area contributed by atoms with Crippen LogP contribution < -0.4 is 5.32 Å². The van der Waals surface area contributed by atoms with Crippen LogP contribution in [0.4, 0.5) is 5.69 Å². The van der Waals surface area contributed by atoms with Gasteiger partial charge in [0.15, 0.2) is 0 Å². The molecule has 0 amide bonds. The molecule has 1 aromatic heterocycles. The average molecular weight is 374 g/mol. The van der Waals surface area contributed by atoms with Gasteiger partial charge in [0.2, 0.25) is 0 Å². The zero-order valence-electron chi connectivity index (χ0n) is 10.5. The molecular weight excluding hydrogens is 360 g/mol. The van der Waals surface area contributed by atoms with Crippen molar-refractivity contribution in [2.75, 3.05) is 5.32 Å². The molecule has 3 nitrogen and oxygen atoms in total. The van der Waals surface area contributed by atoms with Crippen molar-refractivity contribution in [2.24, 2.45) is 0 Å². The van der Waals surface area contributed by atoms with Crippen LogP contribution in [0.2, 0.25) is 0 Å². The van der Waals surface area contributed by atoms with Gasteiger partial charge in [-0.3, -0.25) is 0 Å². The van der Waals surface area contributed by atoms with Crippen LogP contribution in [-0.2, 0) is 6.54 Å². The van der Waals surface area contributed by atoms with Gasteiger partial charge in [-0.25, -0.2) is 0 Å². The number of anilines is 1. The number of rotatable bonds is 3. The van der Waals surface area contributed by atoms with E-state index in [0.717, 1.165) is 31.7 Å². The van der Waals surface area contributed by atoms with E-state index < -0.39 is 0 Å². The van der Waals surface area contributed by atoms with E-state index in [9.17, 15) is 0 Å². The fraction of sp³-hybridized carbons (Fsp3) is 0.308. The first-order chi connectivity index (χ1) is 8.49. The number of halogens is 2. The molecule has 0 bridgehead atoms. The number of nitrogens with zero attached hydrogens (tertiary/aromatic N) is 1. The van der Waals surface area contributed by atoms with Crippen LogP contribution in [0.15, 0.2) is 25.6 Å². The third kappa shape index (κ3) is 2.78. The lowest BCUT2D eigenvalue weighted by Gasteiger charge is -2.11. The van der Waals surface area contributed by atoms with Crippen LogP contribution >= 0.6 is 31.9 Å². The third-order valence-corrected chi connectivity index (χ3v) is 4.06. The second-order valence-electron chi connectivity index (χ2n) is 4.26. The molecule has 1 heterocycles. The minimum absolute atomic E-state index is 0.696. The molecule has 0 aliphatic carbocycles. The second kappa shape index (κ2) is 5.45. The van der Waals surface area contributed by atoms with Gasteiger partial charge in [-0.15, -0.1) is 0 Å². The molecule has 0 spiro atoms. The van der Waals surface area contributed by atoms with E-state index in [2.05, 4.69) is 61.4 Å². The quantitative estimate of drug-likeness (QED) is 0.844. The van der Waals surface area contributed by atoms with Crippen molar-refractivity contribution in [1.29, 1.82) is 0 Å². The van der Waals surface area contributed by atoms with Gasteiger partial charge in [0.05, 0.1) is 11.4 Å². The molecule has 0 aliphatic rings. The minimum atomic E-state index is 0.696. The zero-order chi connectivity index (χ0) is 13.3.